The quantitative estimate of drug-likeness (QED) is 0.750. The van der Waals surface area contributed by atoms with Crippen molar-refractivity contribution in [3.63, 3.8) is 0 Å². The summed E-state index contributed by atoms with van der Waals surface area (Å²) < 4.78 is 7.78. The molecule has 142 valence electrons. The van der Waals surface area contributed by atoms with Gasteiger partial charge in [0.2, 0.25) is 0 Å². The van der Waals surface area contributed by atoms with Gasteiger partial charge < -0.3 is 19.5 Å². The minimum atomic E-state index is 0.00182. The number of urea groups is 1. The monoisotopic (exact) mass is 377 g/mol. The fourth-order valence-electron chi connectivity index (χ4n) is 2.99. The van der Waals surface area contributed by atoms with Crippen molar-refractivity contribution in [1.82, 2.24) is 24.9 Å². The second-order valence-electron chi connectivity index (χ2n) is 6.81. The van der Waals surface area contributed by atoms with Gasteiger partial charge in [-0.15, -0.1) is 0 Å². The number of nitrogens with zero attached hydrogens (tertiary/aromatic N) is 4. The number of aromatic nitrogens is 2. The van der Waals surface area contributed by atoms with Crippen molar-refractivity contribution in [2.45, 2.75) is 32.3 Å². The van der Waals surface area contributed by atoms with E-state index in [4.69, 9.17) is 4.42 Å². The molecule has 0 fully saturated rings. The summed E-state index contributed by atoms with van der Waals surface area (Å²) in [5, 5.41) is 7.43. The maximum atomic E-state index is 12.3. The highest BCUT2D eigenvalue weighted by atomic mass is 32.2. The van der Waals surface area contributed by atoms with Crippen molar-refractivity contribution < 1.29 is 9.21 Å². The number of hydrogen-bond donors (Lipinski definition) is 1. The van der Waals surface area contributed by atoms with Crippen LogP contribution in [0.2, 0.25) is 0 Å². The van der Waals surface area contributed by atoms with Crippen LogP contribution in [0.3, 0.4) is 0 Å². The molecule has 0 unspecified atom stereocenters. The predicted octanol–water partition coefficient (Wildman–Crippen LogP) is 2.30. The highest BCUT2D eigenvalue weighted by molar-refractivity contribution is 7.98. The van der Waals surface area contributed by atoms with Gasteiger partial charge in [0, 0.05) is 18.8 Å². The van der Waals surface area contributed by atoms with E-state index in [1.807, 2.05) is 48.8 Å². The summed E-state index contributed by atoms with van der Waals surface area (Å²) in [4.78, 5) is 16.2. The summed E-state index contributed by atoms with van der Waals surface area (Å²) in [6.07, 6.45) is 0. The first-order valence-corrected chi connectivity index (χ1v) is 10.0. The van der Waals surface area contributed by atoms with Crippen LogP contribution in [0.4, 0.5) is 4.79 Å². The van der Waals surface area contributed by atoms with E-state index in [9.17, 15) is 4.79 Å². The lowest BCUT2D eigenvalue weighted by Crippen LogP contribution is -2.44. The zero-order valence-electron chi connectivity index (χ0n) is 15.7. The van der Waals surface area contributed by atoms with Crippen LogP contribution in [-0.4, -0.2) is 58.5 Å². The zero-order valence-corrected chi connectivity index (χ0v) is 16.5. The largest absolute Gasteiger partial charge is 0.464 e. The maximum Gasteiger partial charge on any atom is 0.317 e. The highest BCUT2D eigenvalue weighted by Crippen LogP contribution is 2.16. The number of carbonyl (C=O) groups is 1. The van der Waals surface area contributed by atoms with Crippen LogP contribution in [-0.2, 0) is 25.4 Å². The summed E-state index contributed by atoms with van der Waals surface area (Å²) in [5.74, 6) is 3.66. The van der Waals surface area contributed by atoms with E-state index in [0.29, 0.717) is 19.6 Å². The summed E-state index contributed by atoms with van der Waals surface area (Å²) in [6.45, 7) is 5.54. The van der Waals surface area contributed by atoms with Crippen molar-refractivity contribution >= 4 is 17.8 Å². The molecular formula is C18H27N5O2S. The predicted molar refractivity (Wildman–Crippen MR) is 103 cm³/mol. The van der Waals surface area contributed by atoms with E-state index in [1.54, 1.807) is 11.8 Å². The van der Waals surface area contributed by atoms with Crippen molar-refractivity contribution in [1.29, 1.82) is 0 Å². The minimum absolute atomic E-state index is 0.00182. The van der Waals surface area contributed by atoms with E-state index in [0.717, 1.165) is 47.5 Å². The second-order valence-corrected chi connectivity index (χ2v) is 7.92. The zero-order chi connectivity index (χ0) is 18.5. The Balaban J connectivity index is 1.34. The number of hydrogen-bond acceptors (Lipinski definition) is 5. The number of fused-ring (bicyclic) bond motifs is 1. The van der Waals surface area contributed by atoms with Gasteiger partial charge in [0.1, 0.15) is 11.5 Å². The van der Waals surface area contributed by atoms with E-state index >= 15 is 0 Å². The fourth-order valence-corrected chi connectivity index (χ4v) is 3.74. The number of thioether (sulfide) groups is 1. The Hall–Kier alpha value is -1.93. The minimum Gasteiger partial charge on any atom is -0.464 e. The molecule has 0 saturated heterocycles. The standard InChI is InChI=1S/C18H27N5O2S/c1-14-10-15-11-22(7-8-23(15)20-14)18(24)19-6-9-26-13-17-5-4-16(25-17)12-21(2)3/h4-5,10H,6-9,11-13H2,1-3H3,(H,19,24). The van der Waals surface area contributed by atoms with Gasteiger partial charge in [-0.2, -0.15) is 16.9 Å². The van der Waals surface area contributed by atoms with Crippen LogP contribution in [0.15, 0.2) is 22.6 Å². The third-order valence-electron chi connectivity index (χ3n) is 4.16. The van der Waals surface area contributed by atoms with Crippen LogP contribution in [0.1, 0.15) is 22.9 Å². The molecule has 8 heteroatoms. The first-order chi connectivity index (χ1) is 12.5. The third-order valence-corrected chi connectivity index (χ3v) is 5.15. The number of carbonyl (C=O) groups excluding carboxylic acids is 1. The van der Waals surface area contributed by atoms with Crippen molar-refractivity contribution in [3.05, 3.63) is 41.1 Å². The van der Waals surface area contributed by atoms with Gasteiger partial charge in [-0.25, -0.2) is 4.79 Å². The van der Waals surface area contributed by atoms with Gasteiger partial charge >= 0.3 is 6.03 Å². The molecule has 2 aromatic rings. The summed E-state index contributed by atoms with van der Waals surface area (Å²) in [5.41, 5.74) is 2.11. The van der Waals surface area contributed by atoms with Gasteiger partial charge in [-0.1, -0.05) is 0 Å². The number of aryl methyl sites for hydroxylation is 1. The lowest BCUT2D eigenvalue weighted by Gasteiger charge is -2.27. The Morgan fingerprint density at radius 2 is 2.15 bits per heavy atom. The van der Waals surface area contributed by atoms with E-state index in [-0.39, 0.29) is 6.03 Å². The molecule has 0 aliphatic carbocycles. The molecule has 0 atom stereocenters. The second kappa shape index (κ2) is 8.64. The Morgan fingerprint density at radius 3 is 2.96 bits per heavy atom. The van der Waals surface area contributed by atoms with Crippen molar-refractivity contribution in [2.75, 3.05) is 32.9 Å². The number of nitrogens with one attached hydrogen (secondary N) is 1. The van der Waals surface area contributed by atoms with Crippen molar-refractivity contribution in [3.8, 4) is 0 Å². The summed E-state index contributed by atoms with van der Waals surface area (Å²) >= 11 is 1.76. The molecule has 0 radical (unpaired) electrons. The SMILES string of the molecule is Cc1cc2n(n1)CCN(C(=O)NCCSCc1ccc(CN(C)C)o1)C2. The third kappa shape index (κ3) is 5.04. The molecule has 1 aliphatic heterocycles. The first kappa shape index (κ1) is 18.8. The molecular weight excluding hydrogens is 350 g/mol. The van der Waals surface area contributed by atoms with Gasteiger partial charge in [-0.3, -0.25) is 4.68 Å². The summed E-state index contributed by atoms with van der Waals surface area (Å²) in [7, 11) is 4.05. The molecule has 1 aliphatic rings. The molecule has 26 heavy (non-hydrogen) atoms. The van der Waals surface area contributed by atoms with Crippen molar-refractivity contribution in [2.24, 2.45) is 0 Å². The van der Waals surface area contributed by atoms with E-state index in [1.165, 1.54) is 0 Å². The topological polar surface area (TPSA) is 66.5 Å². The Labute approximate surface area is 158 Å². The highest BCUT2D eigenvalue weighted by Gasteiger charge is 2.21. The average Bonchev–Trinajstić information content (AvgIpc) is 3.18. The Kier molecular flexibility index (Phi) is 6.26. The molecule has 7 nitrogen and oxygen atoms in total. The van der Waals surface area contributed by atoms with Crippen LogP contribution in [0.25, 0.3) is 0 Å². The smallest absolute Gasteiger partial charge is 0.317 e. The maximum absolute atomic E-state index is 12.3. The number of furan rings is 1. The van der Waals surface area contributed by atoms with Crippen LogP contribution in [0, 0.1) is 6.92 Å². The van der Waals surface area contributed by atoms with Crippen LogP contribution in [0.5, 0.6) is 0 Å². The molecule has 3 rings (SSSR count). The number of amides is 2. The average molecular weight is 378 g/mol. The molecule has 0 saturated carbocycles. The van der Waals surface area contributed by atoms with Crippen LogP contribution >= 0.6 is 11.8 Å². The van der Waals surface area contributed by atoms with E-state index < -0.39 is 0 Å². The molecule has 0 spiro atoms. The molecule has 1 N–H and O–H groups in total. The lowest BCUT2D eigenvalue weighted by atomic mass is 10.3. The molecule has 2 aromatic heterocycles. The Morgan fingerprint density at radius 1 is 1.35 bits per heavy atom. The normalized spacial score (nSPS) is 13.9. The number of rotatable bonds is 7. The van der Waals surface area contributed by atoms with E-state index in [2.05, 4.69) is 15.3 Å². The summed E-state index contributed by atoms with van der Waals surface area (Å²) in [6, 6.07) is 6.11. The molecule has 2 amide bonds. The molecule has 0 bridgehead atoms. The molecule has 3 heterocycles. The molecule has 0 aromatic carbocycles. The Bertz CT molecular complexity index is 740. The van der Waals surface area contributed by atoms with Crippen LogP contribution < -0.4 is 5.32 Å². The van der Waals surface area contributed by atoms with Gasteiger partial charge in [0.15, 0.2) is 0 Å². The van der Waals surface area contributed by atoms with Gasteiger partial charge in [0.25, 0.3) is 0 Å². The first-order valence-electron chi connectivity index (χ1n) is 8.87. The van der Waals surface area contributed by atoms with Gasteiger partial charge in [0.05, 0.1) is 36.8 Å². The van der Waals surface area contributed by atoms with Gasteiger partial charge in [-0.05, 0) is 39.2 Å². The fraction of sp³-hybridized carbons (Fsp3) is 0.556. The lowest BCUT2D eigenvalue weighted by molar-refractivity contribution is 0.181.